The minimum atomic E-state index is -1.91. The maximum Gasteiger partial charge on any atom is 0.250 e. The van der Waals surface area contributed by atoms with Crippen LogP contribution in [-0.4, -0.2) is 23.6 Å². The van der Waals surface area contributed by atoms with Crippen molar-refractivity contribution in [3.05, 3.63) is 35.2 Å². The molecule has 0 unspecified atom stereocenters. The number of nitrogens with zero attached hydrogens (tertiary/aromatic N) is 2. The summed E-state index contributed by atoms with van der Waals surface area (Å²) in [7, 11) is -1.91. The smallest absolute Gasteiger partial charge is 0.250 e. The van der Waals surface area contributed by atoms with Crippen LogP contribution in [-0.2, 0) is 0 Å². The monoisotopic (exact) mass is 381 g/mol. The fraction of sp³-hybridized carbons (Fsp3) is 0.545. The number of carbonyl (C=O) groups excluding carboxylic acids is 1. The average molecular weight is 382 g/mol. The quantitative estimate of drug-likeness (QED) is 0.593. The number of nitrogens with two attached hydrogens (primary N) is 1. The summed E-state index contributed by atoms with van der Waals surface area (Å²) in [6, 6.07) is 1.76. The second-order valence-corrected chi connectivity index (χ2v) is 14.4. The van der Waals surface area contributed by atoms with E-state index in [0.717, 1.165) is 11.1 Å². The zero-order valence-corrected chi connectivity index (χ0v) is 18.3. The molecule has 1 fully saturated rings. The van der Waals surface area contributed by atoms with Crippen molar-refractivity contribution in [1.82, 2.24) is 9.61 Å². The molecule has 0 aromatic carbocycles. The Morgan fingerprint density at radius 2 is 1.78 bits per heavy atom. The van der Waals surface area contributed by atoms with Gasteiger partial charge in [-0.05, 0) is 41.4 Å². The Hall–Kier alpha value is -2.06. The van der Waals surface area contributed by atoms with Crippen LogP contribution >= 0.6 is 0 Å². The van der Waals surface area contributed by atoms with Crippen LogP contribution in [0.5, 0.6) is 0 Å². The van der Waals surface area contributed by atoms with Crippen LogP contribution in [0.15, 0.2) is 18.5 Å². The summed E-state index contributed by atoms with van der Waals surface area (Å²) in [6.07, 6.45) is 6.11. The molecule has 3 rings (SSSR count). The largest absolute Gasteiger partial charge is 0.366 e. The van der Waals surface area contributed by atoms with E-state index in [9.17, 15) is 4.79 Å². The number of primary amides is 1. The Morgan fingerprint density at radius 1 is 1.19 bits per heavy atom. The molecule has 2 N–H and O–H groups in total. The highest BCUT2D eigenvalue weighted by Crippen LogP contribution is 2.43. The van der Waals surface area contributed by atoms with Crippen LogP contribution in [0.3, 0.4) is 0 Å². The first-order chi connectivity index (χ1) is 12.7. The molecule has 1 aliphatic carbocycles. The molecule has 2 heterocycles. The minimum absolute atomic E-state index is 0.421. The first kappa shape index (κ1) is 19.7. The van der Waals surface area contributed by atoms with Crippen LogP contribution in [0.25, 0.3) is 5.52 Å². The summed E-state index contributed by atoms with van der Waals surface area (Å²) in [5, 5.41) is 4.50. The van der Waals surface area contributed by atoms with Crippen LogP contribution in [0.2, 0.25) is 16.6 Å². The topological polar surface area (TPSA) is 60.4 Å². The van der Waals surface area contributed by atoms with Gasteiger partial charge in [0.2, 0.25) is 5.91 Å². The first-order valence-corrected chi connectivity index (χ1v) is 12.3. The van der Waals surface area contributed by atoms with Crippen molar-refractivity contribution in [3.63, 3.8) is 0 Å². The molecule has 2 aromatic heterocycles. The van der Waals surface area contributed by atoms with Gasteiger partial charge in [-0.3, -0.25) is 4.79 Å². The lowest BCUT2D eigenvalue weighted by atomic mass is 10.0. The van der Waals surface area contributed by atoms with Gasteiger partial charge < -0.3 is 5.73 Å². The van der Waals surface area contributed by atoms with E-state index in [2.05, 4.69) is 58.1 Å². The molecule has 0 saturated heterocycles. The molecule has 5 heteroatoms. The van der Waals surface area contributed by atoms with E-state index in [1.165, 1.54) is 18.4 Å². The summed E-state index contributed by atoms with van der Waals surface area (Å²) >= 11 is 0. The van der Waals surface area contributed by atoms with Crippen molar-refractivity contribution >= 4 is 19.5 Å². The molecule has 4 nitrogen and oxygen atoms in total. The summed E-state index contributed by atoms with van der Waals surface area (Å²) in [5.41, 5.74) is 14.5. The van der Waals surface area contributed by atoms with E-state index in [0.29, 0.717) is 28.1 Å². The molecular weight excluding hydrogens is 350 g/mol. The average Bonchev–Trinajstić information content (AvgIpc) is 3.33. The summed E-state index contributed by atoms with van der Waals surface area (Å²) in [5.74, 6) is 3.60. The Balaban J connectivity index is 2.28. The fourth-order valence-electron chi connectivity index (χ4n) is 4.73. The normalized spacial score (nSPS) is 14.9. The minimum Gasteiger partial charge on any atom is -0.366 e. The highest BCUT2D eigenvalue weighted by molar-refractivity contribution is 6.90. The molecule has 1 aliphatic rings. The predicted octanol–water partition coefficient (Wildman–Crippen LogP) is 4.88. The van der Waals surface area contributed by atoms with Crippen molar-refractivity contribution < 1.29 is 4.79 Å². The molecule has 0 radical (unpaired) electrons. The van der Waals surface area contributed by atoms with E-state index in [-0.39, 0.29) is 0 Å². The van der Waals surface area contributed by atoms with Crippen LogP contribution in [0.4, 0.5) is 0 Å². The van der Waals surface area contributed by atoms with E-state index < -0.39 is 14.0 Å². The first-order valence-electron chi connectivity index (χ1n) is 10.0. The second-order valence-electron chi connectivity index (χ2n) is 8.78. The van der Waals surface area contributed by atoms with E-state index in [1.807, 2.05) is 16.9 Å². The van der Waals surface area contributed by atoms with Gasteiger partial charge in [0.15, 0.2) is 0 Å². The number of hydrogen-bond acceptors (Lipinski definition) is 2. The second kappa shape index (κ2) is 7.16. The number of carbonyl (C=O) groups is 1. The Morgan fingerprint density at radius 3 is 2.26 bits per heavy atom. The summed E-state index contributed by atoms with van der Waals surface area (Å²) < 4.78 is 1.85. The number of fused-ring (bicyclic) bond motifs is 1. The highest BCUT2D eigenvalue weighted by Gasteiger charge is 2.41. The van der Waals surface area contributed by atoms with E-state index >= 15 is 0 Å². The molecule has 0 aliphatic heterocycles. The van der Waals surface area contributed by atoms with Crippen molar-refractivity contribution in [1.29, 1.82) is 0 Å². The lowest BCUT2D eigenvalue weighted by Gasteiger charge is -2.38. The van der Waals surface area contributed by atoms with Gasteiger partial charge >= 0.3 is 0 Å². The molecule has 0 spiro atoms. The molecule has 27 heavy (non-hydrogen) atoms. The number of aromatic nitrogens is 2. The van der Waals surface area contributed by atoms with Crippen LogP contribution < -0.4 is 5.73 Å². The molecule has 2 aromatic rings. The molecule has 144 valence electrons. The van der Waals surface area contributed by atoms with Crippen molar-refractivity contribution in [2.75, 3.05) is 0 Å². The Kier molecular flexibility index (Phi) is 5.22. The van der Waals surface area contributed by atoms with E-state index in [1.54, 1.807) is 6.07 Å². The molecular formula is C22H31N3OSi. The standard InChI is InChI=1S/C22H31N3OSi/c1-14(2)27(15(3)4,16(5)6)12-10-18-19(22(23)26)9-11-25-21(18)20(13-24-25)17-7-8-17/h9,11,13-17H,7-8H2,1-6H3,(H2,23,26). The molecule has 0 bridgehead atoms. The highest BCUT2D eigenvalue weighted by atomic mass is 28.3. The Bertz CT molecular complexity index is 904. The van der Waals surface area contributed by atoms with Gasteiger partial charge in [0, 0.05) is 11.8 Å². The zero-order chi connectivity index (χ0) is 19.9. The fourth-order valence-corrected chi connectivity index (χ4v) is 9.94. The van der Waals surface area contributed by atoms with E-state index in [4.69, 9.17) is 5.73 Å². The lowest BCUT2D eigenvalue weighted by Crippen LogP contribution is -2.43. The third-order valence-corrected chi connectivity index (χ3v) is 12.6. The maximum absolute atomic E-state index is 12.1. The molecule has 1 saturated carbocycles. The summed E-state index contributed by atoms with van der Waals surface area (Å²) in [4.78, 5) is 12.1. The number of hydrogen-bond donors (Lipinski definition) is 1. The number of rotatable bonds is 5. The van der Waals surface area contributed by atoms with Gasteiger partial charge in [-0.25, -0.2) is 4.52 Å². The Labute approximate surface area is 163 Å². The predicted molar refractivity (Wildman–Crippen MR) is 114 cm³/mol. The maximum atomic E-state index is 12.1. The third-order valence-electron chi connectivity index (χ3n) is 6.26. The third kappa shape index (κ3) is 3.32. The summed E-state index contributed by atoms with van der Waals surface area (Å²) in [6.45, 7) is 13.8. The molecule has 1 amide bonds. The zero-order valence-electron chi connectivity index (χ0n) is 17.3. The van der Waals surface area contributed by atoms with Gasteiger partial charge in [-0.15, -0.1) is 5.54 Å². The lowest BCUT2D eigenvalue weighted by molar-refractivity contribution is 0.1000. The van der Waals surface area contributed by atoms with Gasteiger partial charge in [0.1, 0.15) is 8.07 Å². The van der Waals surface area contributed by atoms with Crippen LogP contribution in [0.1, 0.15) is 81.8 Å². The molecule has 0 atom stereocenters. The van der Waals surface area contributed by atoms with Crippen molar-refractivity contribution in [3.8, 4) is 11.5 Å². The van der Waals surface area contributed by atoms with Crippen LogP contribution in [0, 0.1) is 11.5 Å². The van der Waals surface area contributed by atoms with Gasteiger partial charge in [0.05, 0.1) is 22.8 Å². The van der Waals surface area contributed by atoms with Gasteiger partial charge in [-0.1, -0.05) is 47.5 Å². The van der Waals surface area contributed by atoms with Gasteiger partial charge in [-0.2, -0.15) is 5.10 Å². The van der Waals surface area contributed by atoms with Crippen molar-refractivity contribution in [2.45, 2.75) is 76.9 Å². The van der Waals surface area contributed by atoms with Gasteiger partial charge in [0.25, 0.3) is 0 Å². The number of pyridine rings is 1. The number of amides is 1. The van der Waals surface area contributed by atoms with Crippen molar-refractivity contribution in [2.24, 2.45) is 5.73 Å². The SMILES string of the molecule is CC(C)[Si](C#Cc1c(C(N)=O)ccn2ncc(C3CC3)c12)(C(C)C)C(C)C.